The molecule has 5 rings (SSSR count). The molecule has 3 aromatic rings. The number of fused-ring (bicyclic) bond motifs is 1. The summed E-state index contributed by atoms with van der Waals surface area (Å²) in [4.78, 5) is 13.9. The molecule has 1 aliphatic carbocycles. The third-order valence-electron chi connectivity index (χ3n) is 6.90. The molecule has 2 atom stereocenters. The lowest BCUT2D eigenvalue weighted by molar-refractivity contribution is -0.116. The molecule has 2 aliphatic rings. The number of hydrogen-bond donors (Lipinski definition) is 2. The molecular formula is C31H33BrN2O4. The first kappa shape index (κ1) is 26.2. The predicted molar refractivity (Wildman–Crippen MR) is 155 cm³/mol. The highest BCUT2D eigenvalue weighted by molar-refractivity contribution is 9.10. The molecule has 0 saturated heterocycles. The fourth-order valence-corrected chi connectivity index (χ4v) is 5.91. The van der Waals surface area contributed by atoms with Gasteiger partial charge in [0.1, 0.15) is 5.75 Å². The van der Waals surface area contributed by atoms with Crippen LogP contribution in [0, 0.1) is 0 Å². The molecule has 3 aromatic carbocycles. The van der Waals surface area contributed by atoms with Crippen LogP contribution < -0.4 is 24.8 Å². The van der Waals surface area contributed by atoms with Crippen LogP contribution in [-0.2, 0) is 4.79 Å². The number of ketones is 1. The third-order valence-corrected chi connectivity index (χ3v) is 7.49. The van der Waals surface area contributed by atoms with Crippen LogP contribution in [0.15, 0.2) is 76.4 Å². The van der Waals surface area contributed by atoms with Gasteiger partial charge in [0.05, 0.1) is 41.7 Å². The molecule has 6 nitrogen and oxygen atoms in total. The van der Waals surface area contributed by atoms with Gasteiger partial charge in [-0.15, -0.1) is 0 Å². The van der Waals surface area contributed by atoms with Gasteiger partial charge in [-0.1, -0.05) is 24.3 Å². The van der Waals surface area contributed by atoms with Gasteiger partial charge in [0, 0.05) is 17.7 Å². The summed E-state index contributed by atoms with van der Waals surface area (Å²) in [6, 6.07) is 19.8. The number of hydrogen-bond acceptors (Lipinski definition) is 6. The van der Waals surface area contributed by atoms with Crippen molar-refractivity contribution in [2.24, 2.45) is 0 Å². The molecule has 7 heteroatoms. The van der Waals surface area contributed by atoms with Crippen LogP contribution in [0.1, 0.15) is 56.7 Å². The smallest absolute Gasteiger partial charge is 0.174 e. The molecule has 1 aliphatic heterocycles. The number of nitrogens with one attached hydrogen (secondary N) is 2. The number of Topliss-reactive ketones (excluding diaryl/α,β-unsaturated/α-hetero) is 1. The van der Waals surface area contributed by atoms with Crippen molar-refractivity contribution < 1.29 is 19.0 Å². The summed E-state index contributed by atoms with van der Waals surface area (Å²) in [7, 11) is 1.62. The Bertz CT molecular complexity index is 1370. The lowest BCUT2D eigenvalue weighted by atomic mass is 9.78. The molecule has 2 N–H and O–H groups in total. The second kappa shape index (κ2) is 11.1. The number of ether oxygens (including phenoxy) is 3. The molecule has 0 radical (unpaired) electrons. The van der Waals surface area contributed by atoms with Crippen molar-refractivity contribution in [1.82, 2.24) is 0 Å². The van der Waals surface area contributed by atoms with Crippen molar-refractivity contribution in [3.63, 3.8) is 0 Å². The number of carbonyl (C=O) groups excluding carboxylic acids is 1. The van der Waals surface area contributed by atoms with E-state index in [-0.39, 0.29) is 23.8 Å². The number of carbonyl (C=O) groups is 1. The average molecular weight is 578 g/mol. The summed E-state index contributed by atoms with van der Waals surface area (Å²) in [6.45, 7) is 6.47. The Morgan fingerprint density at radius 3 is 2.42 bits per heavy atom. The number of allylic oxidation sites excluding steroid dienone is 1. The highest BCUT2D eigenvalue weighted by Crippen LogP contribution is 2.46. The van der Waals surface area contributed by atoms with Gasteiger partial charge >= 0.3 is 0 Å². The Morgan fingerprint density at radius 1 is 1.00 bits per heavy atom. The van der Waals surface area contributed by atoms with Gasteiger partial charge in [0.15, 0.2) is 17.3 Å². The largest absolute Gasteiger partial charge is 0.492 e. The van der Waals surface area contributed by atoms with E-state index >= 15 is 0 Å². The van der Waals surface area contributed by atoms with Crippen LogP contribution in [0.5, 0.6) is 17.2 Å². The molecule has 0 amide bonds. The van der Waals surface area contributed by atoms with Gasteiger partial charge < -0.3 is 24.8 Å². The van der Waals surface area contributed by atoms with E-state index in [2.05, 4.69) is 38.7 Å². The van der Waals surface area contributed by atoms with Crippen LogP contribution in [0.3, 0.4) is 0 Å². The van der Waals surface area contributed by atoms with Gasteiger partial charge in [-0.05, 0) is 96.6 Å². The maximum atomic E-state index is 13.9. The van der Waals surface area contributed by atoms with Gasteiger partial charge in [-0.2, -0.15) is 0 Å². The van der Waals surface area contributed by atoms with Crippen molar-refractivity contribution >= 4 is 33.1 Å². The van der Waals surface area contributed by atoms with Gasteiger partial charge in [0.2, 0.25) is 0 Å². The van der Waals surface area contributed by atoms with E-state index in [9.17, 15) is 4.79 Å². The molecule has 0 bridgehead atoms. The van der Waals surface area contributed by atoms with E-state index < -0.39 is 0 Å². The minimum atomic E-state index is -0.349. The zero-order chi connectivity index (χ0) is 26.8. The lowest BCUT2D eigenvalue weighted by Crippen LogP contribution is -2.27. The maximum absolute atomic E-state index is 13.9. The summed E-state index contributed by atoms with van der Waals surface area (Å²) in [5.41, 5.74) is 5.66. The van der Waals surface area contributed by atoms with Crippen LogP contribution in [0.4, 0.5) is 11.4 Å². The summed E-state index contributed by atoms with van der Waals surface area (Å²) in [6.07, 6.45) is 1.29. The van der Waals surface area contributed by atoms with E-state index in [1.54, 1.807) is 7.11 Å². The van der Waals surface area contributed by atoms with E-state index in [1.165, 1.54) is 0 Å². The first-order valence-electron chi connectivity index (χ1n) is 13.0. The fourth-order valence-electron chi connectivity index (χ4n) is 5.28. The third kappa shape index (κ3) is 5.25. The van der Waals surface area contributed by atoms with Crippen molar-refractivity contribution in [3.05, 3.63) is 87.5 Å². The summed E-state index contributed by atoms with van der Waals surface area (Å²) in [5, 5.41) is 7.25. The quantitative estimate of drug-likeness (QED) is 0.301. The summed E-state index contributed by atoms with van der Waals surface area (Å²) >= 11 is 3.65. The Kier molecular flexibility index (Phi) is 7.65. The number of para-hydroxylation sites is 2. The second-order valence-corrected chi connectivity index (χ2v) is 10.7. The monoisotopic (exact) mass is 576 g/mol. The lowest BCUT2D eigenvalue weighted by Gasteiger charge is -2.30. The SMILES string of the molecule is CCOc1cc(C2Nc3ccccc3NC3=C2C(=O)CC(c2ccc(OC(C)C)cc2)C3)cc(Br)c1OC. The molecule has 0 fully saturated rings. The first-order valence-corrected chi connectivity index (χ1v) is 13.8. The number of halogens is 1. The Balaban J connectivity index is 1.56. The molecule has 38 heavy (non-hydrogen) atoms. The predicted octanol–water partition coefficient (Wildman–Crippen LogP) is 7.62. The van der Waals surface area contributed by atoms with Gasteiger partial charge in [0.25, 0.3) is 0 Å². The highest BCUT2D eigenvalue weighted by atomic mass is 79.9. The van der Waals surface area contributed by atoms with Gasteiger partial charge in [-0.3, -0.25) is 4.79 Å². The molecule has 0 spiro atoms. The van der Waals surface area contributed by atoms with Crippen molar-refractivity contribution in [1.29, 1.82) is 0 Å². The molecule has 0 saturated carbocycles. The van der Waals surface area contributed by atoms with Crippen molar-refractivity contribution in [2.75, 3.05) is 24.4 Å². The van der Waals surface area contributed by atoms with E-state index in [4.69, 9.17) is 14.2 Å². The number of methoxy groups -OCH3 is 1. The number of rotatable bonds is 7. The highest BCUT2D eigenvalue weighted by Gasteiger charge is 2.36. The van der Waals surface area contributed by atoms with Crippen molar-refractivity contribution in [2.45, 2.75) is 51.7 Å². The molecular weight excluding hydrogens is 544 g/mol. The van der Waals surface area contributed by atoms with E-state index in [1.807, 2.05) is 69.3 Å². The van der Waals surface area contributed by atoms with Crippen LogP contribution in [0.25, 0.3) is 0 Å². The zero-order valence-corrected chi connectivity index (χ0v) is 23.7. The molecule has 1 heterocycles. The van der Waals surface area contributed by atoms with E-state index in [0.717, 1.165) is 50.4 Å². The second-order valence-electron chi connectivity index (χ2n) is 9.87. The number of benzene rings is 3. The molecule has 198 valence electrons. The number of anilines is 2. The minimum absolute atomic E-state index is 0.0781. The van der Waals surface area contributed by atoms with Crippen LogP contribution >= 0.6 is 15.9 Å². The van der Waals surface area contributed by atoms with Gasteiger partial charge in [-0.25, -0.2) is 0 Å². The maximum Gasteiger partial charge on any atom is 0.174 e. The zero-order valence-electron chi connectivity index (χ0n) is 22.1. The minimum Gasteiger partial charge on any atom is -0.492 e. The van der Waals surface area contributed by atoms with Crippen LogP contribution in [0.2, 0.25) is 0 Å². The Hall–Kier alpha value is -3.45. The normalized spacial score (nSPS) is 18.6. The van der Waals surface area contributed by atoms with Crippen molar-refractivity contribution in [3.8, 4) is 17.2 Å². The summed E-state index contributed by atoms with van der Waals surface area (Å²) in [5.74, 6) is 2.32. The van der Waals surface area contributed by atoms with Crippen LogP contribution in [-0.4, -0.2) is 25.6 Å². The first-order chi connectivity index (χ1) is 18.4. The topological polar surface area (TPSA) is 68.8 Å². The molecule has 2 unspecified atom stereocenters. The molecule has 0 aromatic heterocycles. The Labute approximate surface area is 232 Å². The summed E-state index contributed by atoms with van der Waals surface area (Å²) < 4.78 is 18.1. The van der Waals surface area contributed by atoms with E-state index in [0.29, 0.717) is 24.5 Å². The fraction of sp³-hybridized carbons (Fsp3) is 0.323. The average Bonchev–Trinajstić information content (AvgIpc) is 3.06. The standard InChI is InChI=1S/C31H33BrN2O4/c1-5-37-28-17-21(14-23(32)31(28)36-4)30-29-26(33-24-8-6-7-9-25(24)34-30)15-20(16-27(29)35)19-10-12-22(13-11-19)38-18(2)3/h6-14,17-18,20,30,33-34H,5,15-16H2,1-4H3. The Morgan fingerprint density at radius 2 is 1.74 bits per heavy atom.